The SMILES string of the molecule is Cc1ccc(OCCCn2nnc(C=O)c2CC(C)C)cc1. The van der Waals surface area contributed by atoms with Crippen molar-refractivity contribution in [3.05, 3.63) is 41.2 Å². The second-order valence-electron chi connectivity index (χ2n) is 5.88. The Hall–Kier alpha value is -2.17. The smallest absolute Gasteiger partial charge is 0.172 e. The Morgan fingerprint density at radius 1 is 1.27 bits per heavy atom. The molecule has 118 valence electrons. The summed E-state index contributed by atoms with van der Waals surface area (Å²) in [5.41, 5.74) is 2.59. The molecule has 0 radical (unpaired) electrons. The third-order valence-corrected chi connectivity index (χ3v) is 3.38. The van der Waals surface area contributed by atoms with Crippen LogP contribution in [0.25, 0.3) is 0 Å². The molecule has 0 fully saturated rings. The van der Waals surface area contributed by atoms with E-state index in [4.69, 9.17) is 4.74 Å². The summed E-state index contributed by atoms with van der Waals surface area (Å²) in [5, 5.41) is 8.01. The minimum atomic E-state index is 0.452. The van der Waals surface area contributed by atoms with Crippen LogP contribution in [0.2, 0.25) is 0 Å². The quantitative estimate of drug-likeness (QED) is 0.555. The molecule has 5 nitrogen and oxygen atoms in total. The maximum absolute atomic E-state index is 11.0. The Labute approximate surface area is 131 Å². The number of carbonyl (C=O) groups excluding carboxylic acids is 1. The predicted octanol–water partition coefficient (Wildman–Crippen LogP) is 3.07. The first-order valence-corrected chi connectivity index (χ1v) is 7.67. The van der Waals surface area contributed by atoms with E-state index in [0.717, 1.165) is 30.6 Å². The second-order valence-corrected chi connectivity index (χ2v) is 5.88. The van der Waals surface area contributed by atoms with Gasteiger partial charge in [0, 0.05) is 13.0 Å². The fraction of sp³-hybridized carbons (Fsp3) is 0.471. The number of aryl methyl sites for hydroxylation is 2. The lowest BCUT2D eigenvalue weighted by molar-refractivity contribution is 0.111. The number of aldehydes is 1. The topological polar surface area (TPSA) is 57.0 Å². The molecule has 0 aliphatic rings. The van der Waals surface area contributed by atoms with Gasteiger partial charge in [-0.1, -0.05) is 36.8 Å². The van der Waals surface area contributed by atoms with Crippen molar-refractivity contribution in [2.24, 2.45) is 5.92 Å². The molecule has 0 bridgehead atoms. The van der Waals surface area contributed by atoms with Gasteiger partial charge in [0.25, 0.3) is 0 Å². The van der Waals surface area contributed by atoms with Gasteiger partial charge >= 0.3 is 0 Å². The maximum Gasteiger partial charge on any atom is 0.172 e. The number of benzene rings is 1. The number of hydrogen-bond acceptors (Lipinski definition) is 4. The minimum absolute atomic E-state index is 0.452. The summed E-state index contributed by atoms with van der Waals surface area (Å²) in [4.78, 5) is 11.0. The molecule has 5 heteroatoms. The molecule has 0 N–H and O–H groups in total. The summed E-state index contributed by atoms with van der Waals surface area (Å²) in [7, 11) is 0. The summed E-state index contributed by atoms with van der Waals surface area (Å²) in [5.74, 6) is 1.33. The Morgan fingerprint density at radius 3 is 2.64 bits per heavy atom. The first-order valence-electron chi connectivity index (χ1n) is 7.67. The summed E-state index contributed by atoms with van der Waals surface area (Å²) in [6.45, 7) is 7.60. The number of aromatic nitrogens is 3. The first-order chi connectivity index (χ1) is 10.6. The molecule has 1 aromatic heterocycles. The molecular weight excluding hydrogens is 278 g/mol. The average Bonchev–Trinajstić information content (AvgIpc) is 2.87. The highest BCUT2D eigenvalue weighted by atomic mass is 16.5. The lowest BCUT2D eigenvalue weighted by Gasteiger charge is -2.10. The maximum atomic E-state index is 11.0. The average molecular weight is 301 g/mol. The van der Waals surface area contributed by atoms with E-state index in [0.29, 0.717) is 24.8 Å². The zero-order valence-corrected chi connectivity index (χ0v) is 13.5. The molecule has 0 aliphatic heterocycles. The fourth-order valence-electron chi connectivity index (χ4n) is 2.25. The van der Waals surface area contributed by atoms with Gasteiger partial charge < -0.3 is 4.74 Å². The molecule has 2 aromatic rings. The van der Waals surface area contributed by atoms with E-state index in [1.807, 2.05) is 28.9 Å². The molecule has 2 rings (SSSR count). The molecule has 0 atom stereocenters. The Bertz CT molecular complexity index is 603. The van der Waals surface area contributed by atoms with Crippen LogP contribution in [0, 0.1) is 12.8 Å². The van der Waals surface area contributed by atoms with Crippen molar-refractivity contribution in [1.82, 2.24) is 15.0 Å². The highest BCUT2D eigenvalue weighted by Gasteiger charge is 2.13. The second kappa shape index (κ2) is 7.73. The molecule has 0 unspecified atom stereocenters. The van der Waals surface area contributed by atoms with Gasteiger partial charge in [-0.25, -0.2) is 4.68 Å². The van der Waals surface area contributed by atoms with Crippen LogP contribution in [-0.2, 0) is 13.0 Å². The summed E-state index contributed by atoms with van der Waals surface area (Å²) in [6.07, 6.45) is 2.41. The van der Waals surface area contributed by atoms with Crippen LogP contribution in [0.1, 0.15) is 42.0 Å². The van der Waals surface area contributed by atoms with Crippen molar-refractivity contribution in [2.75, 3.05) is 6.61 Å². The van der Waals surface area contributed by atoms with Crippen LogP contribution in [0.15, 0.2) is 24.3 Å². The van der Waals surface area contributed by atoms with Crippen molar-refractivity contribution in [2.45, 2.75) is 40.2 Å². The highest BCUT2D eigenvalue weighted by molar-refractivity contribution is 5.73. The molecular formula is C17H23N3O2. The zero-order valence-electron chi connectivity index (χ0n) is 13.5. The first kappa shape index (κ1) is 16.2. The lowest BCUT2D eigenvalue weighted by Crippen LogP contribution is -2.11. The van der Waals surface area contributed by atoms with Crippen LogP contribution in [0.5, 0.6) is 5.75 Å². The molecule has 1 heterocycles. The summed E-state index contributed by atoms with van der Waals surface area (Å²) >= 11 is 0. The van der Waals surface area contributed by atoms with Crippen molar-refractivity contribution in [3.8, 4) is 5.75 Å². The zero-order chi connectivity index (χ0) is 15.9. The summed E-state index contributed by atoms with van der Waals surface area (Å²) in [6, 6.07) is 8.01. The van der Waals surface area contributed by atoms with Crippen molar-refractivity contribution in [1.29, 1.82) is 0 Å². The van der Waals surface area contributed by atoms with Crippen molar-refractivity contribution < 1.29 is 9.53 Å². The van der Waals surface area contributed by atoms with Gasteiger partial charge in [-0.15, -0.1) is 5.10 Å². The third-order valence-electron chi connectivity index (χ3n) is 3.38. The van der Waals surface area contributed by atoms with E-state index in [-0.39, 0.29) is 0 Å². The molecule has 0 saturated carbocycles. The molecule has 1 aromatic carbocycles. The molecule has 0 aliphatic carbocycles. The molecule has 0 saturated heterocycles. The highest BCUT2D eigenvalue weighted by Crippen LogP contribution is 2.13. The van der Waals surface area contributed by atoms with Crippen LogP contribution in [-0.4, -0.2) is 27.9 Å². The Kier molecular flexibility index (Phi) is 5.69. The third kappa shape index (κ3) is 4.41. The fourth-order valence-corrected chi connectivity index (χ4v) is 2.25. The van der Waals surface area contributed by atoms with Gasteiger partial charge in [0.2, 0.25) is 0 Å². The Balaban J connectivity index is 1.87. The van der Waals surface area contributed by atoms with Crippen molar-refractivity contribution >= 4 is 6.29 Å². The monoisotopic (exact) mass is 301 g/mol. The van der Waals surface area contributed by atoms with Gasteiger partial charge in [0.1, 0.15) is 11.4 Å². The van der Waals surface area contributed by atoms with Gasteiger partial charge in [-0.05, 0) is 31.4 Å². The van der Waals surface area contributed by atoms with E-state index in [1.54, 1.807) is 0 Å². The van der Waals surface area contributed by atoms with E-state index < -0.39 is 0 Å². The van der Waals surface area contributed by atoms with Gasteiger partial charge in [0.05, 0.1) is 12.3 Å². The standard InChI is InChI=1S/C17H23N3O2/c1-13(2)11-17-16(12-21)18-19-20(17)9-4-10-22-15-7-5-14(3)6-8-15/h5-8,12-13H,4,9-11H2,1-3H3. The van der Waals surface area contributed by atoms with Crippen LogP contribution < -0.4 is 4.74 Å². The van der Waals surface area contributed by atoms with Crippen molar-refractivity contribution in [3.63, 3.8) is 0 Å². The van der Waals surface area contributed by atoms with Crippen LogP contribution >= 0.6 is 0 Å². The lowest BCUT2D eigenvalue weighted by atomic mass is 10.1. The molecule has 22 heavy (non-hydrogen) atoms. The number of ether oxygens (including phenoxy) is 1. The van der Waals surface area contributed by atoms with Gasteiger partial charge in [-0.2, -0.15) is 0 Å². The summed E-state index contributed by atoms with van der Waals surface area (Å²) < 4.78 is 7.53. The number of rotatable bonds is 8. The largest absolute Gasteiger partial charge is 0.494 e. The molecule has 0 amide bonds. The number of nitrogens with zero attached hydrogens (tertiary/aromatic N) is 3. The van der Waals surface area contributed by atoms with E-state index >= 15 is 0 Å². The minimum Gasteiger partial charge on any atom is -0.494 e. The van der Waals surface area contributed by atoms with E-state index in [1.165, 1.54) is 5.56 Å². The van der Waals surface area contributed by atoms with E-state index in [2.05, 4.69) is 31.1 Å². The molecule has 0 spiro atoms. The van der Waals surface area contributed by atoms with Crippen LogP contribution in [0.3, 0.4) is 0 Å². The number of carbonyl (C=O) groups is 1. The Morgan fingerprint density at radius 2 is 2.00 bits per heavy atom. The van der Waals surface area contributed by atoms with E-state index in [9.17, 15) is 4.79 Å². The van der Waals surface area contributed by atoms with Crippen LogP contribution in [0.4, 0.5) is 0 Å². The van der Waals surface area contributed by atoms with Gasteiger partial charge in [0.15, 0.2) is 6.29 Å². The normalized spacial score (nSPS) is 10.9. The predicted molar refractivity (Wildman–Crippen MR) is 85.2 cm³/mol. The number of hydrogen-bond donors (Lipinski definition) is 0. The van der Waals surface area contributed by atoms with Gasteiger partial charge in [-0.3, -0.25) is 4.79 Å².